The van der Waals surface area contributed by atoms with E-state index in [-0.39, 0.29) is 0 Å². The maximum absolute atomic E-state index is 5.54. The molecule has 0 fully saturated rings. The Labute approximate surface area is 106 Å². The first kappa shape index (κ1) is 17.0. The quantitative estimate of drug-likeness (QED) is 0.256. The summed E-state index contributed by atoms with van der Waals surface area (Å²) in [4.78, 5) is 0. The molecule has 0 saturated carbocycles. The number of rotatable bonds is 12. The van der Waals surface area contributed by atoms with Crippen LogP contribution in [0.25, 0.3) is 0 Å². The molecule has 0 aliphatic rings. The van der Waals surface area contributed by atoms with Gasteiger partial charge in [0.05, 0.1) is 39.6 Å². The van der Waals surface area contributed by atoms with Gasteiger partial charge < -0.3 is 28.4 Å². The van der Waals surface area contributed by atoms with Crippen molar-refractivity contribution in [1.29, 1.82) is 0 Å². The van der Waals surface area contributed by atoms with Gasteiger partial charge in [-0.05, 0) is 0 Å². The van der Waals surface area contributed by atoms with Crippen LogP contribution < -0.4 is 0 Å². The summed E-state index contributed by atoms with van der Waals surface area (Å²) in [6.45, 7) is 2.81. The highest BCUT2D eigenvalue weighted by atomic mass is 28.1. The third-order valence-corrected chi connectivity index (χ3v) is 2.82. The summed E-state index contributed by atoms with van der Waals surface area (Å²) < 4.78 is 31.4. The smallest absolute Gasteiger partial charge is 0.245 e. The van der Waals surface area contributed by atoms with E-state index < -0.39 is 5.60 Å². The fraction of sp³-hybridized carbons (Fsp3) is 1.00. The van der Waals surface area contributed by atoms with E-state index in [4.69, 9.17) is 28.4 Å². The molecular weight excluding hydrogens is 244 g/mol. The van der Waals surface area contributed by atoms with E-state index in [9.17, 15) is 0 Å². The van der Waals surface area contributed by atoms with Crippen molar-refractivity contribution in [3.8, 4) is 0 Å². The molecule has 0 saturated heterocycles. The van der Waals surface area contributed by atoms with Crippen molar-refractivity contribution in [1.82, 2.24) is 0 Å². The molecule has 0 aliphatic heterocycles. The van der Waals surface area contributed by atoms with Gasteiger partial charge >= 0.3 is 0 Å². The van der Waals surface area contributed by atoms with Crippen molar-refractivity contribution in [3.05, 3.63) is 0 Å². The highest BCUT2D eigenvalue weighted by Crippen LogP contribution is 2.10. The molecule has 0 heterocycles. The molecule has 0 aliphatic carbocycles. The number of hydrogen-bond acceptors (Lipinski definition) is 6. The van der Waals surface area contributed by atoms with Crippen molar-refractivity contribution >= 4 is 10.2 Å². The molecule has 0 radical (unpaired) electrons. The molecule has 0 aromatic rings. The predicted molar refractivity (Wildman–Crippen MR) is 66.2 cm³/mol. The van der Waals surface area contributed by atoms with Gasteiger partial charge in [-0.2, -0.15) is 0 Å². The molecule has 0 aromatic heterocycles. The fourth-order valence-electron chi connectivity index (χ4n) is 1.06. The second-order valence-corrected chi connectivity index (χ2v) is 4.61. The Morgan fingerprint density at radius 3 is 1.18 bits per heavy atom. The maximum atomic E-state index is 5.54. The molecule has 104 valence electrons. The molecule has 0 unspecified atom stereocenters. The number of ether oxygens (including phenoxy) is 6. The first-order valence-electron chi connectivity index (χ1n) is 5.57. The van der Waals surface area contributed by atoms with Crippen LogP contribution in [-0.4, -0.2) is 76.8 Å². The minimum Gasteiger partial charge on any atom is -0.382 e. The lowest BCUT2D eigenvalue weighted by Crippen LogP contribution is -2.42. The minimum absolute atomic E-state index is 0.431. The lowest BCUT2D eigenvalue weighted by Gasteiger charge is -2.30. The van der Waals surface area contributed by atoms with Crippen molar-refractivity contribution < 1.29 is 28.4 Å². The Morgan fingerprint density at radius 1 is 0.647 bits per heavy atom. The second kappa shape index (κ2) is 11.1. The Kier molecular flexibility index (Phi) is 11.1. The monoisotopic (exact) mass is 268 g/mol. The summed E-state index contributed by atoms with van der Waals surface area (Å²) in [6.07, 6.45) is 0. The third kappa shape index (κ3) is 9.66. The van der Waals surface area contributed by atoms with Crippen LogP contribution in [0.2, 0.25) is 0 Å². The molecule has 0 N–H and O–H groups in total. The second-order valence-electron chi connectivity index (χ2n) is 3.39. The summed E-state index contributed by atoms with van der Waals surface area (Å²) in [6, 6.07) is 0. The molecule has 0 aromatic carbocycles. The topological polar surface area (TPSA) is 55.4 Å². The van der Waals surface area contributed by atoms with E-state index in [1.54, 1.807) is 21.3 Å². The van der Waals surface area contributed by atoms with Gasteiger partial charge in [-0.1, -0.05) is 0 Å². The molecule has 6 nitrogen and oxygen atoms in total. The average Bonchev–Trinajstić information content (AvgIpc) is 2.30. The Balaban J connectivity index is 3.95. The number of hydrogen-bond donors (Lipinski definition) is 0. The molecule has 7 heteroatoms. The fourth-order valence-corrected chi connectivity index (χ4v) is 1.67. The van der Waals surface area contributed by atoms with Crippen molar-refractivity contribution in [2.24, 2.45) is 0 Å². The normalized spacial score (nSPS) is 12.2. The summed E-state index contributed by atoms with van der Waals surface area (Å²) in [7, 11) is 5.45. The van der Waals surface area contributed by atoms with E-state index in [1.165, 1.54) is 0 Å². The van der Waals surface area contributed by atoms with E-state index >= 15 is 0 Å². The van der Waals surface area contributed by atoms with Gasteiger partial charge in [-0.15, -0.1) is 0 Å². The van der Waals surface area contributed by atoms with Crippen LogP contribution in [0, 0.1) is 0 Å². The highest BCUT2D eigenvalue weighted by molar-refractivity contribution is 6.12. The first-order chi connectivity index (χ1) is 8.18. The average molecular weight is 268 g/mol. The summed E-state index contributed by atoms with van der Waals surface area (Å²) in [5, 5.41) is 0. The van der Waals surface area contributed by atoms with E-state index in [2.05, 4.69) is 0 Å². The standard InChI is InChI=1S/C10H24O6Si/c1-11-4-7-14-10(17,15-8-5-12-2)16-9-6-13-3/h4-9H2,1-3,17H3. The summed E-state index contributed by atoms with van der Waals surface area (Å²) >= 11 is 0. The van der Waals surface area contributed by atoms with E-state index in [1.807, 2.05) is 0 Å². The van der Waals surface area contributed by atoms with Crippen molar-refractivity contribution in [2.75, 3.05) is 61.0 Å². The zero-order chi connectivity index (χ0) is 13.0. The van der Waals surface area contributed by atoms with Crippen LogP contribution in [-0.2, 0) is 28.4 Å². The van der Waals surface area contributed by atoms with E-state index in [0.717, 1.165) is 0 Å². The molecule has 0 spiro atoms. The van der Waals surface area contributed by atoms with Gasteiger partial charge in [0.2, 0.25) is 5.60 Å². The molecular formula is C10H24O6Si. The Morgan fingerprint density at radius 2 is 0.941 bits per heavy atom. The van der Waals surface area contributed by atoms with Gasteiger partial charge in [0, 0.05) is 21.3 Å². The number of methoxy groups -OCH3 is 3. The SMILES string of the molecule is COCCOC([SiH3])(OCCOC)OCCOC. The zero-order valence-corrected chi connectivity index (χ0v) is 13.2. The van der Waals surface area contributed by atoms with Crippen molar-refractivity contribution in [2.45, 2.75) is 5.60 Å². The van der Waals surface area contributed by atoms with Crippen LogP contribution in [0.3, 0.4) is 0 Å². The van der Waals surface area contributed by atoms with Crippen LogP contribution in [0.4, 0.5) is 0 Å². The Bertz CT molecular complexity index is 142. The summed E-state index contributed by atoms with van der Waals surface area (Å²) in [5.41, 5.74) is -0.949. The van der Waals surface area contributed by atoms with Crippen LogP contribution in [0.5, 0.6) is 0 Å². The van der Waals surface area contributed by atoms with E-state index in [0.29, 0.717) is 49.9 Å². The van der Waals surface area contributed by atoms with Gasteiger partial charge in [-0.3, -0.25) is 0 Å². The van der Waals surface area contributed by atoms with Crippen molar-refractivity contribution in [3.63, 3.8) is 0 Å². The lowest BCUT2D eigenvalue weighted by molar-refractivity contribution is -0.330. The predicted octanol–water partition coefficient (Wildman–Crippen LogP) is -1.05. The largest absolute Gasteiger partial charge is 0.382 e. The Hall–Kier alpha value is -0.0231. The van der Waals surface area contributed by atoms with Gasteiger partial charge in [0.1, 0.15) is 10.2 Å². The summed E-state index contributed by atoms with van der Waals surface area (Å²) in [5.74, 6) is 0. The molecule has 0 bridgehead atoms. The van der Waals surface area contributed by atoms with Gasteiger partial charge in [0.15, 0.2) is 0 Å². The van der Waals surface area contributed by atoms with Gasteiger partial charge in [0.25, 0.3) is 0 Å². The zero-order valence-electron chi connectivity index (χ0n) is 11.2. The van der Waals surface area contributed by atoms with Crippen LogP contribution in [0.1, 0.15) is 0 Å². The van der Waals surface area contributed by atoms with Crippen LogP contribution >= 0.6 is 0 Å². The molecule has 0 atom stereocenters. The lowest BCUT2D eigenvalue weighted by atomic mass is 10.7. The molecule has 0 amide bonds. The molecule has 0 rings (SSSR count). The van der Waals surface area contributed by atoms with Crippen LogP contribution in [0.15, 0.2) is 0 Å². The minimum atomic E-state index is -0.949. The highest BCUT2D eigenvalue weighted by Gasteiger charge is 2.26. The first-order valence-corrected chi connectivity index (χ1v) is 6.57. The third-order valence-electron chi connectivity index (χ3n) is 1.96. The maximum Gasteiger partial charge on any atom is 0.245 e. The van der Waals surface area contributed by atoms with Gasteiger partial charge in [-0.25, -0.2) is 0 Å². The molecule has 17 heavy (non-hydrogen) atoms.